The molecule has 0 bridgehead atoms. The summed E-state index contributed by atoms with van der Waals surface area (Å²) in [5, 5.41) is 3.77. The van der Waals surface area contributed by atoms with Gasteiger partial charge in [0.05, 0.1) is 18.3 Å². The van der Waals surface area contributed by atoms with E-state index < -0.39 is 5.54 Å². The Balaban J connectivity index is 1.63. The van der Waals surface area contributed by atoms with Crippen LogP contribution in [0.5, 0.6) is 0 Å². The SMILES string of the molecule is Cc1ccc(Cl)cc1N1C(=O)c2cc3occc3n2CC1(C)C(=O)NC1CCCCC1. The van der Waals surface area contributed by atoms with Crippen molar-refractivity contribution in [3.05, 3.63) is 52.9 Å². The number of benzene rings is 1. The van der Waals surface area contributed by atoms with E-state index >= 15 is 0 Å². The second kappa shape index (κ2) is 7.45. The Morgan fingerprint density at radius 1 is 1.19 bits per heavy atom. The van der Waals surface area contributed by atoms with Crippen molar-refractivity contribution >= 4 is 40.2 Å². The summed E-state index contributed by atoms with van der Waals surface area (Å²) in [6.07, 6.45) is 7.01. The molecule has 2 aromatic heterocycles. The highest BCUT2D eigenvalue weighted by Crippen LogP contribution is 2.38. The molecule has 3 heterocycles. The average Bonchev–Trinajstić information content (AvgIpc) is 3.34. The van der Waals surface area contributed by atoms with E-state index in [-0.39, 0.29) is 17.9 Å². The summed E-state index contributed by atoms with van der Waals surface area (Å²) >= 11 is 6.30. The van der Waals surface area contributed by atoms with E-state index in [1.807, 2.05) is 30.5 Å². The Morgan fingerprint density at radius 3 is 2.74 bits per heavy atom. The maximum Gasteiger partial charge on any atom is 0.276 e. The van der Waals surface area contributed by atoms with Crippen LogP contribution in [0, 0.1) is 6.92 Å². The standard InChI is InChI=1S/C24H26ClN3O3/c1-15-8-9-16(25)12-19(15)28-22(29)20-13-21-18(10-11-31-21)27(20)14-24(28,2)23(30)26-17-6-4-3-5-7-17/h8-13,17H,3-7,14H2,1-2H3,(H,26,30). The number of aryl methyl sites for hydroxylation is 1. The number of rotatable bonds is 3. The van der Waals surface area contributed by atoms with E-state index in [1.54, 1.807) is 29.4 Å². The summed E-state index contributed by atoms with van der Waals surface area (Å²) in [4.78, 5) is 29.2. The van der Waals surface area contributed by atoms with Crippen molar-refractivity contribution in [2.24, 2.45) is 0 Å². The smallest absolute Gasteiger partial charge is 0.276 e. The van der Waals surface area contributed by atoms with Crippen molar-refractivity contribution in [3.8, 4) is 0 Å². The number of carbonyl (C=O) groups is 2. The van der Waals surface area contributed by atoms with Crippen molar-refractivity contribution in [1.29, 1.82) is 0 Å². The van der Waals surface area contributed by atoms with Gasteiger partial charge in [0.1, 0.15) is 11.2 Å². The van der Waals surface area contributed by atoms with Gasteiger partial charge in [-0.3, -0.25) is 14.5 Å². The van der Waals surface area contributed by atoms with Crippen LogP contribution in [0.25, 0.3) is 11.1 Å². The summed E-state index contributed by atoms with van der Waals surface area (Å²) in [5.74, 6) is -0.368. The summed E-state index contributed by atoms with van der Waals surface area (Å²) in [6.45, 7) is 4.11. The molecule has 7 heteroatoms. The van der Waals surface area contributed by atoms with E-state index in [9.17, 15) is 9.59 Å². The first kappa shape index (κ1) is 20.2. The quantitative estimate of drug-likeness (QED) is 0.619. The Bertz CT molecular complexity index is 1170. The fraction of sp³-hybridized carbons (Fsp3) is 0.417. The molecule has 1 aromatic carbocycles. The molecule has 1 fully saturated rings. The number of amides is 2. The summed E-state index contributed by atoms with van der Waals surface area (Å²) < 4.78 is 7.44. The van der Waals surface area contributed by atoms with Crippen molar-refractivity contribution < 1.29 is 14.0 Å². The normalized spacial score (nSPS) is 22.0. The minimum Gasteiger partial charge on any atom is -0.463 e. The van der Waals surface area contributed by atoms with Gasteiger partial charge >= 0.3 is 0 Å². The lowest BCUT2D eigenvalue weighted by atomic mass is 9.90. The first-order valence-corrected chi connectivity index (χ1v) is 11.2. The number of halogens is 1. The van der Waals surface area contributed by atoms with Gasteiger partial charge in [-0.2, -0.15) is 0 Å². The molecule has 5 rings (SSSR count). The zero-order valence-electron chi connectivity index (χ0n) is 17.8. The molecular weight excluding hydrogens is 414 g/mol. The van der Waals surface area contributed by atoms with Gasteiger partial charge in [-0.25, -0.2) is 0 Å². The molecular formula is C24H26ClN3O3. The highest BCUT2D eigenvalue weighted by atomic mass is 35.5. The summed E-state index contributed by atoms with van der Waals surface area (Å²) in [6, 6.07) is 9.18. The van der Waals surface area contributed by atoms with Gasteiger partial charge in [0.2, 0.25) is 5.91 Å². The second-order valence-electron chi connectivity index (χ2n) is 8.94. The number of hydrogen-bond acceptors (Lipinski definition) is 3. The van der Waals surface area contributed by atoms with Crippen LogP contribution in [0.1, 0.15) is 55.1 Å². The molecule has 2 aliphatic rings. The topological polar surface area (TPSA) is 67.5 Å². The number of anilines is 1. The Morgan fingerprint density at radius 2 is 1.97 bits per heavy atom. The predicted octanol–water partition coefficient (Wildman–Crippen LogP) is 5.06. The molecule has 3 aromatic rings. The number of aromatic nitrogens is 1. The molecule has 0 spiro atoms. The Labute approximate surface area is 186 Å². The third-order valence-corrected chi connectivity index (χ3v) is 6.98. The first-order chi connectivity index (χ1) is 14.9. The third-order valence-electron chi connectivity index (χ3n) is 6.75. The third kappa shape index (κ3) is 3.24. The molecule has 1 aliphatic carbocycles. The molecule has 2 amide bonds. The van der Waals surface area contributed by atoms with Crippen LogP contribution < -0.4 is 10.2 Å². The van der Waals surface area contributed by atoms with Gasteiger partial charge in [-0.05, 0) is 44.4 Å². The first-order valence-electron chi connectivity index (χ1n) is 10.9. The molecule has 1 atom stereocenters. The van der Waals surface area contributed by atoms with Crippen LogP contribution in [0.15, 0.2) is 41.0 Å². The lowest BCUT2D eigenvalue weighted by Gasteiger charge is -2.45. The molecule has 6 nitrogen and oxygen atoms in total. The molecule has 31 heavy (non-hydrogen) atoms. The zero-order chi connectivity index (χ0) is 21.8. The van der Waals surface area contributed by atoms with Gasteiger partial charge in [0, 0.05) is 28.9 Å². The fourth-order valence-electron chi connectivity index (χ4n) is 5.00. The van der Waals surface area contributed by atoms with Crippen molar-refractivity contribution in [1.82, 2.24) is 9.88 Å². The van der Waals surface area contributed by atoms with E-state index in [0.29, 0.717) is 28.5 Å². The van der Waals surface area contributed by atoms with Crippen LogP contribution in [0.3, 0.4) is 0 Å². The lowest BCUT2D eigenvalue weighted by Crippen LogP contribution is -2.65. The summed E-state index contributed by atoms with van der Waals surface area (Å²) in [5.41, 5.74) is 2.41. The molecule has 1 N–H and O–H groups in total. The number of fused-ring (bicyclic) bond motifs is 3. The van der Waals surface area contributed by atoms with E-state index in [2.05, 4.69) is 5.32 Å². The van der Waals surface area contributed by atoms with Crippen molar-refractivity contribution in [2.45, 2.75) is 64.1 Å². The minimum atomic E-state index is -1.11. The zero-order valence-corrected chi connectivity index (χ0v) is 18.5. The molecule has 0 saturated heterocycles. The molecule has 1 aliphatic heterocycles. The van der Waals surface area contributed by atoms with Crippen molar-refractivity contribution in [3.63, 3.8) is 0 Å². The van der Waals surface area contributed by atoms with E-state index in [1.165, 1.54) is 6.42 Å². The monoisotopic (exact) mass is 439 g/mol. The van der Waals surface area contributed by atoms with Gasteiger partial charge in [-0.15, -0.1) is 0 Å². The van der Waals surface area contributed by atoms with Crippen LogP contribution in [0.4, 0.5) is 5.69 Å². The molecule has 1 unspecified atom stereocenters. The Hall–Kier alpha value is -2.73. The minimum absolute atomic E-state index is 0.136. The highest BCUT2D eigenvalue weighted by Gasteiger charge is 2.49. The molecule has 0 radical (unpaired) electrons. The maximum absolute atomic E-state index is 13.8. The number of furan rings is 1. The lowest BCUT2D eigenvalue weighted by molar-refractivity contribution is -0.127. The van der Waals surface area contributed by atoms with Crippen LogP contribution >= 0.6 is 11.6 Å². The van der Waals surface area contributed by atoms with Gasteiger partial charge in [-0.1, -0.05) is 36.9 Å². The van der Waals surface area contributed by atoms with Crippen molar-refractivity contribution in [2.75, 3.05) is 4.90 Å². The average molecular weight is 440 g/mol. The maximum atomic E-state index is 13.8. The van der Waals surface area contributed by atoms with Gasteiger partial charge in [0.15, 0.2) is 5.58 Å². The predicted molar refractivity (Wildman–Crippen MR) is 121 cm³/mol. The van der Waals surface area contributed by atoms with Crippen LogP contribution in [-0.4, -0.2) is 28.0 Å². The van der Waals surface area contributed by atoms with E-state index in [0.717, 1.165) is 36.8 Å². The van der Waals surface area contributed by atoms with Crippen LogP contribution in [-0.2, 0) is 11.3 Å². The van der Waals surface area contributed by atoms with Crippen LogP contribution in [0.2, 0.25) is 5.02 Å². The number of carbonyl (C=O) groups excluding carboxylic acids is 2. The highest BCUT2D eigenvalue weighted by molar-refractivity contribution is 6.31. The number of nitrogens with one attached hydrogen (secondary N) is 1. The summed E-state index contributed by atoms with van der Waals surface area (Å²) in [7, 11) is 0. The van der Waals surface area contributed by atoms with Gasteiger partial charge in [0.25, 0.3) is 5.91 Å². The molecule has 162 valence electrons. The Kier molecular flexibility index (Phi) is 4.85. The van der Waals surface area contributed by atoms with E-state index in [4.69, 9.17) is 16.0 Å². The second-order valence-corrected chi connectivity index (χ2v) is 9.38. The largest absolute Gasteiger partial charge is 0.463 e. The number of nitrogens with zero attached hydrogens (tertiary/aromatic N) is 2. The van der Waals surface area contributed by atoms with Gasteiger partial charge < -0.3 is 14.3 Å². The fourth-order valence-corrected chi connectivity index (χ4v) is 5.17. The number of hydrogen-bond donors (Lipinski definition) is 1. The molecule has 1 saturated carbocycles.